The molecule has 0 saturated carbocycles. The van der Waals surface area contributed by atoms with Gasteiger partial charge in [-0.15, -0.1) is 0 Å². The highest BCUT2D eigenvalue weighted by molar-refractivity contribution is 6.74. The molecule has 3 atom stereocenters. The molecule has 0 aromatic rings. The molecule has 0 amide bonds. The average molecular weight is 375 g/mol. The first-order valence-corrected chi connectivity index (χ1v) is 11.7. The first kappa shape index (κ1) is 22.3. The molecule has 0 aliphatic carbocycles. The number of rotatable bonds is 7. The Bertz CT molecular complexity index is 480. The molecule has 1 aliphatic rings. The number of hydrogen-bond acceptors (Lipinski definition) is 6. The van der Waals surface area contributed by atoms with Crippen LogP contribution in [0.2, 0.25) is 18.1 Å². The van der Waals surface area contributed by atoms with Gasteiger partial charge in [-0.2, -0.15) is 0 Å². The second-order valence-electron chi connectivity index (χ2n) is 8.31. The molecule has 0 aromatic heterocycles. The Morgan fingerprint density at radius 2 is 1.92 bits per heavy atom. The summed E-state index contributed by atoms with van der Waals surface area (Å²) in [6.07, 6.45) is 0.885. The van der Waals surface area contributed by atoms with Crippen molar-refractivity contribution >= 4 is 14.3 Å². The Hall–Kier alpha value is -0.733. The first-order chi connectivity index (χ1) is 11.3. The van der Waals surface area contributed by atoms with Crippen molar-refractivity contribution in [3.05, 3.63) is 12.2 Å². The summed E-state index contributed by atoms with van der Waals surface area (Å²) >= 11 is 0. The smallest absolute Gasteiger partial charge is 0.330 e. The van der Waals surface area contributed by atoms with E-state index >= 15 is 0 Å². The molecule has 1 N–H and O–H groups in total. The van der Waals surface area contributed by atoms with E-state index in [1.807, 2.05) is 0 Å². The molecular formula is C18H34O6Si. The fourth-order valence-electron chi connectivity index (χ4n) is 2.23. The zero-order valence-electron chi connectivity index (χ0n) is 16.8. The van der Waals surface area contributed by atoms with Gasteiger partial charge in [0.15, 0.2) is 14.1 Å². The average Bonchev–Trinajstić information content (AvgIpc) is 2.77. The number of carbonyl (C=O) groups is 1. The van der Waals surface area contributed by atoms with Crippen LogP contribution in [0.15, 0.2) is 12.2 Å². The van der Waals surface area contributed by atoms with E-state index in [1.54, 1.807) is 26.8 Å². The van der Waals surface area contributed by atoms with E-state index in [2.05, 4.69) is 33.9 Å². The van der Waals surface area contributed by atoms with Crippen LogP contribution < -0.4 is 0 Å². The van der Waals surface area contributed by atoms with Gasteiger partial charge in [0.2, 0.25) is 0 Å². The summed E-state index contributed by atoms with van der Waals surface area (Å²) in [7, 11) is -1.97. The van der Waals surface area contributed by atoms with Crippen LogP contribution in [0.3, 0.4) is 0 Å². The number of aliphatic hydroxyl groups excluding tert-OH is 1. The molecule has 0 radical (unpaired) electrons. The number of aliphatic hydroxyl groups is 1. The second kappa shape index (κ2) is 8.31. The summed E-state index contributed by atoms with van der Waals surface area (Å²) in [6.45, 7) is 16.5. The lowest BCUT2D eigenvalue weighted by Gasteiger charge is -2.37. The molecule has 1 saturated heterocycles. The van der Waals surface area contributed by atoms with Crippen molar-refractivity contribution in [3.8, 4) is 0 Å². The molecule has 0 aromatic carbocycles. The lowest BCUT2D eigenvalue weighted by Crippen LogP contribution is -2.46. The van der Waals surface area contributed by atoms with Gasteiger partial charge in [0.05, 0.1) is 13.2 Å². The Morgan fingerprint density at radius 3 is 2.44 bits per heavy atom. The van der Waals surface area contributed by atoms with E-state index < -0.39 is 38.4 Å². The minimum absolute atomic E-state index is 0.0578. The quantitative estimate of drug-likeness (QED) is 0.419. The zero-order valence-corrected chi connectivity index (χ0v) is 17.8. The summed E-state index contributed by atoms with van der Waals surface area (Å²) in [5.74, 6) is -1.28. The van der Waals surface area contributed by atoms with Gasteiger partial charge in [-0.1, -0.05) is 20.8 Å². The number of carbonyl (C=O) groups excluding carboxylic acids is 1. The highest BCUT2D eigenvalue weighted by Gasteiger charge is 2.45. The molecule has 7 heteroatoms. The van der Waals surface area contributed by atoms with E-state index in [-0.39, 0.29) is 11.6 Å². The lowest BCUT2D eigenvalue weighted by molar-refractivity contribution is -0.155. The van der Waals surface area contributed by atoms with E-state index in [4.69, 9.17) is 18.6 Å². The Morgan fingerprint density at radius 1 is 1.32 bits per heavy atom. The van der Waals surface area contributed by atoms with Crippen molar-refractivity contribution in [1.82, 2.24) is 0 Å². The van der Waals surface area contributed by atoms with Gasteiger partial charge in [0.25, 0.3) is 0 Å². The summed E-state index contributed by atoms with van der Waals surface area (Å²) in [4.78, 5) is 11.5. The van der Waals surface area contributed by atoms with Gasteiger partial charge < -0.3 is 23.7 Å². The molecule has 1 aliphatic heterocycles. The molecule has 0 spiro atoms. The van der Waals surface area contributed by atoms with Crippen LogP contribution in [0.4, 0.5) is 0 Å². The van der Waals surface area contributed by atoms with E-state index in [0.717, 1.165) is 0 Å². The van der Waals surface area contributed by atoms with Gasteiger partial charge in [-0.25, -0.2) is 4.79 Å². The molecule has 1 rings (SSSR count). The molecule has 0 bridgehead atoms. The third-order valence-corrected chi connectivity index (χ3v) is 9.17. The molecule has 0 unspecified atom stereocenters. The van der Waals surface area contributed by atoms with Gasteiger partial charge in [-0.3, -0.25) is 0 Å². The van der Waals surface area contributed by atoms with Crippen LogP contribution in [0.25, 0.3) is 0 Å². The maximum atomic E-state index is 11.5. The zero-order chi connectivity index (χ0) is 19.5. The van der Waals surface area contributed by atoms with Crippen LogP contribution in [0.5, 0.6) is 0 Å². The van der Waals surface area contributed by atoms with Crippen LogP contribution in [-0.2, 0) is 23.4 Å². The Balaban J connectivity index is 2.76. The van der Waals surface area contributed by atoms with Crippen LogP contribution in [0.1, 0.15) is 41.5 Å². The molecule has 1 fully saturated rings. The molecule has 1 heterocycles. The SMILES string of the molecule is CCOC(=O)/C=C\[C@@H]1OC(C)(C)O[C@@H]1[C@H](O)CO[Si](C)(C)C(C)(C)C. The van der Waals surface area contributed by atoms with E-state index in [1.165, 1.54) is 6.08 Å². The maximum absolute atomic E-state index is 11.5. The number of ether oxygens (including phenoxy) is 3. The Labute approximate surface area is 152 Å². The molecule has 6 nitrogen and oxygen atoms in total. The topological polar surface area (TPSA) is 74.2 Å². The van der Waals surface area contributed by atoms with Crippen molar-refractivity contribution in [2.45, 2.75) is 83.8 Å². The summed E-state index contributed by atoms with van der Waals surface area (Å²) in [6, 6.07) is 0. The maximum Gasteiger partial charge on any atom is 0.330 e. The Kier molecular flexibility index (Phi) is 7.41. The van der Waals surface area contributed by atoms with Crippen LogP contribution in [0, 0.1) is 0 Å². The van der Waals surface area contributed by atoms with Gasteiger partial charge in [0.1, 0.15) is 18.3 Å². The van der Waals surface area contributed by atoms with Crippen LogP contribution >= 0.6 is 0 Å². The highest BCUT2D eigenvalue weighted by atomic mass is 28.4. The van der Waals surface area contributed by atoms with Gasteiger partial charge in [-0.05, 0) is 45.0 Å². The predicted molar refractivity (Wildman–Crippen MR) is 98.8 cm³/mol. The van der Waals surface area contributed by atoms with Gasteiger partial charge in [0, 0.05) is 6.08 Å². The fraction of sp³-hybridized carbons (Fsp3) is 0.833. The third-order valence-electron chi connectivity index (χ3n) is 4.67. The molecular weight excluding hydrogens is 340 g/mol. The summed E-state index contributed by atoms with van der Waals surface area (Å²) in [5, 5.41) is 10.6. The second-order valence-corrected chi connectivity index (χ2v) is 13.1. The largest absolute Gasteiger partial charge is 0.463 e. The summed E-state index contributed by atoms with van der Waals surface area (Å²) in [5.41, 5.74) is 0. The third kappa shape index (κ3) is 6.49. The van der Waals surface area contributed by atoms with Crippen molar-refractivity contribution in [2.24, 2.45) is 0 Å². The van der Waals surface area contributed by atoms with Crippen molar-refractivity contribution < 1.29 is 28.5 Å². The van der Waals surface area contributed by atoms with Crippen LogP contribution in [-0.4, -0.2) is 56.7 Å². The normalized spacial score (nSPS) is 25.3. The summed E-state index contributed by atoms with van der Waals surface area (Å²) < 4.78 is 22.6. The molecule has 25 heavy (non-hydrogen) atoms. The number of esters is 1. The van der Waals surface area contributed by atoms with E-state index in [9.17, 15) is 9.90 Å². The van der Waals surface area contributed by atoms with Crippen molar-refractivity contribution in [2.75, 3.05) is 13.2 Å². The van der Waals surface area contributed by atoms with Crippen molar-refractivity contribution in [3.63, 3.8) is 0 Å². The standard InChI is InChI=1S/C18H34O6Si/c1-9-21-15(20)11-10-14-16(24-18(5,6)23-14)13(19)12-22-25(7,8)17(2,3)4/h10-11,13-14,16,19H,9,12H2,1-8H3/b11-10-/t13-,14+,16-/m1/s1. The monoisotopic (exact) mass is 374 g/mol. The minimum Gasteiger partial charge on any atom is -0.463 e. The minimum atomic E-state index is -1.97. The van der Waals surface area contributed by atoms with Crippen molar-refractivity contribution in [1.29, 1.82) is 0 Å². The first-order valence-electron chi connectivity index (χ1n) is 8.81. The lowest BCUT2D eigenvalue weighted by atomic mass is 10.1. The van der Waals surface area contributed by atoms with E-state index in [0.29, 0.717) is 6.61 Å². The van der Waals surface area contributed by atoms with Gasteiger partial charge >= 0.3 is 5.97 Å². The molecule has 146 valence electrons. The fourth-order valence-corrected chi connectivity index (χ4v) is 3.25. The number of hydrogen-bond donors (Lipinski definition) is 1. The predicted octanol–water partition coefficient (Wildman–Crippen LogP) is 3.01. The highest BCUT2D eigenvalue weighted by Crippen LogP contribution is 2.37.